The van der Waals surface area contributed by atoms with Crippen LogP contribution >= 0.6 is 9.24 Å². The van der Waals surface area contributed by atoms with Gasteiger partial charge in [-0.05, 0) is 30.8 Å². The summed E-state index contributed by atoms with van der Waals surface area (Å²) in [5.41, 5.74) is 0.701. The van der Waals surface area contributed by atoms with Crippen LogP contribution in [0.4, 0.5) is 0 Å². The van der Waals surface area contributed by atoms with Crippen molar-refractivity contribution in [3.63, 3.8) is 0 Å². The lowest BCUT2D eigenvalue weighted by Crippen LogP contribution is -2.03. The van der Waals surface area contributed by atoms with Crippen molar-refractivity contribution in [2.45, 2.75) is 38.8 Å². The molecule has 62 valence electrons. The van der Waals surface area contributed by atoms with E-state index in [0.29, 0.717) is 12.3 Å². The van der Waals surface area contributed by atoms with E-state index in [1.807, 2.05) is 0 Å². The van der Waals surface area contributed by atoms with Gasteiger partial charge in [0.15, 0.2) is 0 Å². The second-order valence-electron chi connectivity index (χ2n) is 3.26. The van der Waals surface area contributed by atoms with E-state index in [4.69, 9.17) is 5.11 Å². The highest BCUT2D eigenvalue weighted by molar-refractivity contribution is 7.17. The fourth-order valence-corrected chi connectivity index (χ4v) is 1.86. The van der Waals surface area contributed by atoms with Crippen molar-refractivity contribution in [2.75, 3.05) is 6.61 Å². The Bertz CT molecular complexity index is 73.7. The van der Waals surface area contributed by atoms with Gasteiger partial charge in [0.1, 0.15) is 0 Å². The lowest BCUT2D eigenvalue weighted by Gasteiger charge is -2.12. The maximum atomic E-state index is 8.54. The fraction of sp³-hybridized carbons (Fsp3) is 1.00. The van der Waals surface area contributed by atoms with Gasteiger partial charge in [0.05, 0.1) is 0 Å². The largest absolute Gasteiger partial charge is 0.396 e. The first-order chi connectivity index (χ1) is 4.66. The third kappa shape index (κ3) is 6.51. The fourth-order valence-electron chi connectivity index (χ4n) is 1.08. The molecule has 0 aliphatic heterocycles. The first-order valence-electron chi connectivity index (χ1n) is 4.03. The predicted octanol–water partition coefficient (Wildman–Crippen LogP) is 2.05. The van der Waals surface area contributed by atoms with Crippen LogP contribution in [0.1, 0.15) is 33.1 Å². The van der Waals surface area contributed by atoms with Gasteiger partial charge in [-0.2, -0.15) is 0 Å². The summed E-state index contributed by atoms with van der Waals surface area (Å²) in [4.78, 5) is 0. The van der Waals surface area contributed by atoms with E-state index in [2.05, 4.69) is 23.1 Å². The quantitative estimate of drug-likeness (QED) is 0.613. The molecule has 0 spiro atoms. The Balaban J connectivity index is 3.16. The van der Waals surface area contributed by atoms with Crippen molar-refractivity contribution < 1.29 is 5.11 Å². The van der Waals surface area contributed by atoms with Crippen LogP contribution in [0, 0.1) is 5.92 Å². The number of aliphatic hydroxyl groups excluding tert-OH is 1. The van der Waals surface area contributed by atoms with Gasteiger partial charge < -0.3 is 5.11 Å². The van der Waals surface area contributed by atoms with Crippen LogP contribution in [-0.4, -0.2) is 17.4 Å². The molecule has 0 aliphatic carbocycles. The van der Waals surface area contributed by atoms with Crippen LogP contribution in [-0.2, 0) is 0 Å². The highest BCUT2D eigenvalue weighted by Crippen LogP contribution is 2.17. The molecule has 0 aromatic carbocycles. The lowest BCUT2D eigenvalue weighted by atomic mass is 10.1. The Morgan fingerprint density at radius 1 is 1.40 bits per heavy atom. The molecule has 0 aliphatic rings. The number of aliphatic hydroxyl groups is 1. The predicted molar refractivity (Wildman–Crippen MR) is 49.3 cm³/mol. The van der Waals surface area contributed by atoms with Gasteiger partial charge in [0.25, 0.3) is 0 Å². The van der Waals surface area contributed by atoms with E-state index >= 15 is 0 Å². The third-order valence-corrected chi connectivity index (χ3v) is 2.11. The molecule has 10 heavy (non-hydrogen) atoms. The minimum absolute atomic E-state index is 0.336. The smallest absolute Gasteiger partial charge is 0.0431 e. The summed E-state index contributed by atoms with van der Waals surface area (Å²) in [5, 5.41) is 8.54. The van der Waals surface area contributed by atoms with Crippen molar-refractivity contribution in [1.82, 2.24) is 0 Å². The lowest BCUT2D eigenvalue weighted by molar-refractivity contribution is 0.282. The summed E-state index contributed by atoms with van der Waals surface area (Å²) in [6.45, 7) is 4.80. The average molecular weight is 162 g/mol. The van der Waals surface area contributed by atoms with Crippen molar-refractivity contribution >= 4 is 9.24 Å². The van der Waals surface area contributed by atoms with Gasteiger partial charge in [0.2, 0.25) is 0 Å². The van der Waals surface area contributed by atoms with Gasteiger partial charge >= 0.3 is 0 Å². The van der Waals surface area contributed by atoms with Crippen LogP contribution in [0.15, 0.2) is 0 Å². The monoisotopic (exact) mass is 162 g/mol. The van der Waals surface area contributed by atoms with Gasteiger partial charge in [-0.25, -0.2) is 0 Å². The number of rotatable bonds is 5. The van der Waals surface area contributed by atoms with Gasteiger partial charge in [0, 0.05) is 6.61 Å². The van der Waals surface area contributed by atoms with Crippen LogP contribution in [0.2, 0.25) is 0 Å². The van der Waals surface area contributed by atoms with Crippen LogP contribution in [0.3, 0.4) is 0 Å². The Morgan fingerprint density at radius 3 is 2.40 bits per heavy atom. The standard InChI is InChI=1S/C8H19OP/c1-7(2)6-8(10)4-3-5-9/h7-9H,3-6,10H2,1-2H3. The first-order valence-corrected chi connectivity index (χ1v) is 4.70. The molecule has 0 bridgehead atoms. The third-order valence-electron chi connectivity index (χ3n) is 1.51. The van der Waals surface area contributed by atoms with Crippen LogP contribution in [0.25, 0.3) is 0 Å². The topological polar surface area (TPSA) is 20.2 Å². The zero-order valence-corrected chi connectivity index (χ0v) is 8.16. The summed E-state index contributed by atoms with van der Waals surface area (Å²) in [6.07, 6.45) is 3.34. The summed E-state index contributed by atoms with van der Waals surface area (Å²) >= 11 is 0. The SMILES string of the molecule is CC(C)CC(P)CCCO. The van der Waals surface area contributed by atoms with Crippen molar-refractivity contribution in [3.8, 4) is 0 Å². The van der Waals surface area contributed by atoms with Gasteiger partial charge in [-0.3, -0.25) is 0 Å². The molecular formula is C8H19OP. The van der Waals surface area contributed by atoms with E-state index in [9.17, 15) is 0 Å². The highest BCUT2D eigenvalue weighted by Gasteiger charge is 2.03. The molecular weight excluding hydrogens is 143 g/mol. The molecule has 0 aromatic rings. The maximum absolute atomic E-state index is 8.54. The Kier molecular flexibility index (Phi) is 6.36. The summed E-state index contributed by atoms with van der Waals surface area (Å²) in [6, 6.07) is 0. The van der Waals surface area contributed by atoms with E-state index in [0.717, 1.165) is 18.8 Å². The molecule has 0 amide bonds. The molecule has 2 unspecified atom stereocenters. The molecule has 0 heterocycles. The maximum Gasteiger partial charge on any atom is 0.0431 e. The van der Waals surface area contributed by atoms with E-state index in [-0.39, 0.29) is 0 Å². The molecule has 0 radical (unpaired) electrons. The van der Waals surface area contributed by atoms with E-state index in [1.54, 1.807) is 0 Å². The summed E-state index contributed by atoms with van der Waals surface area (Å²) < 4.78 is 0. The molecule has 0 saturated carbocycles. The first kappa shape index (κ1) is 10.4. The van der Waals surface area contributed by atoms with Crippen LogP contribution < -0.4 is 0 Å². The molecule has 0 saturated heterocycles. The molecule has 0 aromatic heterocycles. The minimum atomic E-state index is 0.336. The number of hydrogen-bond acceptors (Lipinski definition) is 1. The molecule has 1 nitrogen and oxygen atoms in total. The Labute approximate surface area is 66.4 Å². The van der Waals surface area contributed by atoms with E-state index < -0.39 is 0 Å². The Morgan fingerprint density at radius 2 is 2.00 bits per heavy atom. The normalized spacial score (nSPS) is 14.1. The average Bonchev–Trinajstić information content (AvgIpc) is 1.82. The zero-order chi connectivity index (χ0) is 7.98. The number of hydrogen-bond donors (Lipinski definition) is 1. The molecule has 2 heteroatoms. The zero-order valence-electron chi connectivity index (χ0n) is 7.01. The summed E-state index contributed by atoms with van der Waals surface area (Å²) in [5.74, 6) is 0.779. The van der Waals surface area contributed by atoms with Gasteiger partial charge in [-0.15, -0.1) is 9.24 Å². The van der Waals surface area contributed by atoms with Crippen molar-refractivity contribution in [3.05, 3.63) is 0 Å². The minimum Gasteiger partial charge on any atom is -0.396 e. The molecule has 0 rings (SSSR count). The molecule has 2 atom stereocenters. The van der Waals surface area contributed by atoms with Crippen molar-refractivity contribution in [2.24, 2.45) is 5.92 Å². The van der Waals surface area contributed by atoms with E-state index in [1.165, 1.54) is 6.42 Å². The van der Waals surface area contributed by atoms with Crippen molar-refractivity contribution in [1.29, 1.82) is 0 Å². The van der Waals surface area contributed by atoms with Gasteiger partial charge in [-0.1, -0.05) is 13.8 Å². The Hall–Kier alpha value is 0.390. The molecule has 0 fully saturated rings. The second kappa shape index (κ2) is 6.12. The summed E-state index contributed by atoms with van der Waals surface area (Å²) in [7, 11) is 2.84. The molecule has 1 N–H and O–H groups in total. The second-order valence-corrected chi connectivity index (χ2v) is 4.20. The van der Waals surface area contributed by atoms with Crippen LogP contribution in [0.5, 0.6) is 0 Å². The highest BCUT2D eigenvalue weighted by atomic mass is 31.0.